The van der Waals surface area contributed by atoms with Crippen molar-refractivity contribution >= 4 is 28.2 Å². The number of hydrogen-bond donors (Lipinski definition) is 1. The molecule has 1 aromatic heterocycles. The first kappa shape index (κ1) is 21.1. The molecule has 0 saturated heterocycles. The van der Waals surface area contributed by atoms with E-state index in [4.69, 9.17) is 4.74 Å². The molecule has 0 unspecified atom stereocenters. The average molecular weight is 411 g/mol. The predicted octanol–water partition coefficient (Wildman–Crippen LogP) is 4.86. The smallest absolute Gasteiger partial charge is 0.341 e. The Balaban J connectivity index is 2.04. The molecule has 0 bridgehead atoms. The minimum Gasteiger partial charge on any atom is -0.462 e. The average Bonchev–Trinajstić information content (AvgIpc) is 3.04. The van der Waals surface area contributed by atoms with Gasteiger partial charge in [0.1, 0.15) is 5.00 Å². The monoisotopic (exact) mass is 410 g/mol. The number of anilines is 1. The van der Waals surface area contributed by atoms with Crippen LogP contribution in [-0.4, -0.2) is 18.5 Å². The normalized spacial score (nSPS) is 18.4. The van der Waals surface area contributed by atoms with E-state index >= 15 is 0 Å². The van der Waals surface area contributed by atoms with Gasteiger partial charge in [-0.25, -0.2) is 4.79 Å². The Labute approximate surface area is 175 Å². The third kappa shape index (κ3) is 4.06. The van der Waals surface area contributed by atoms with Crippen LogP contribution in [0.4, 0.5) is 5.00 Å². The third-order valence-electron chi connectivity index (χ3n) is 5.28. The Morgan fingerprint density at radius 1 is 1.28 bits per heavy atom. The van der Waals surface area contributed by atoms with Gasteiger partial charge in [-0.1, -0.05) is 51.1 Å². The summed E-state index contributed by atoms with van der Waals surface area (Å²) in [6, 6.07) is 12.3. The molecule has 0 saturated carbocycles. The van der Waals surface area contributed by atoms with Crippen LogP contribution in [0.2, 0.25) is 0 Å². The standard InChI is InChI=1S/C23H26N2O3S/c1-5-28-20(26)18-16-11-12-23(14-24,15-9-7-6-8-10-15)13-17(16)29-19(18)25-21(27)22(2,3)4/h6-10H,5,11-13H2,1-4H3,(H,25,27)/t23-/m1/s1. The van der Waals surface area contributed by atoms with Crippen molar-refractivity contribution in [3.8, 4) is 6.07 Å². The summed E-state index contributed by atoms with van der Waals surface area (Å²) in [5.41, 5.74) is 1.12. The molecule has 29 heavy (non-hydrogen) atoms. The Bertz CT molecular complexity index is 966. The van der Waals surface area contributed by atoms with Gasteiger partial charge < -0.3 is 10.1 Å². The zero-order chi connectivity index (χ0) is 21.2. The molecule has 1 heterocycles. The second-order valence-electron chi connectivity index (χ2n) is 8.37. The van der Waals surface area contributed by atoms with E-state index in [1.54, 1.807) is 6.92 Å². The fraction of sp³-hybridized carbons (Fsp3) is 0.435. The number of nitriles is 1. The van der Waals surface area contributed by atoms with Crippen LogP contribution in [0.5, 0.6) is 0 Å². The van der Waals surface area contributed by atoms with Gasteiger partial charge in [-0.05, 0) is 30.9 Å². The number of esters is 1. The molecule has 152 valence electrons. The molecule has 1 N–H and O–H groups in total. The molecule has 1 atom stereocenters. The van der Waals surface area contributed by atoms with Gasteiger partial charge in [-0.15, -0.1) is 11.3 Å². The summed E-state index contributed by atoms with van der Waals surface area (Å²) in [6.07, 6.45) is 1.73. The number of carbonyl (C=O) groups excluding carboxylic acids is 2. The van der Waals surface area contributed by atoms with E-state index in [1.165, 1.54) is 11.3 Å². The molecule has 6 heteroatoms. The van der Waals surface area contributed by atoms with Gasteiger partial charge in [0.05, 0.1) is 23.7 Å². The summed E-state index contributed by atoms with van der Waals surface area (Å²) in [6.45, 7) is 7.52. The molecule has 1 aromatic carbocycles. The maximum Gasteiger partial charge on any atom is 0.341 e. The number of rotatable bonds is 4. The van der Waals surface area contributed by atoms with Crippen molar-refractivity contribution in [2.45, 2.75) is 52.4 Å². The molecule has 5 nitrogen and oxygen atoms in total. The maximum absolute atomic E-state index is 12.7. The van der Waals surface area contributed by atoms with E-state index in [2.05, 4.69) is 11.4 Å². The molecule has 0 radical (unpaired) electrons. The molecule has 0 fully saturated rings. The van der Waals surface area contributed by atoms with Gasteiger partial charge in [-0.2, -0.15) is 5.26 Å². The molecular weight excluding hydrogens is 384 g/mol. The summed E-state index contributed by atoms with van der Waals surface area (Å²) in [4.78, 5) is 26.2. The van der Waals surface area contributed by atoms with Crippen LogP contribution in [0, 0.1) is 16.7 Å². The van der Waals surface area contributed by atoms with Crippen LogP contribution in [-0.2, 0) is 27.8 Å². The molecule has 1 aliphatic carbocycles. The summed E-state index contributed by atoms with van der Waals surface area (Å²) >= 11 is 1.39. The van der Waals surface area contributed by atoms with Crippen LogP contribution in [0.3, 0.4) is 0 Å². The number of amides is 1. The number of ether oxygens (including phenoxy) is 1. The lowest BCUT2D eigenvalue weighted by Gasteiger charge is -2.31. The highest BCUT2D eigenvalue weighted by atomic mass is 32.1. The predicted molar refractivity (Wildman–Crippen MR) is 114 cm³/mol. The zero-order valence-corrected chi connectivity index (χ0v) is 18.1. The van der Waals surface area contributed by atoms with Gasteiger partial charge in [-0.3, -0.25) is 4.79 Å². The second kappa shape index (κ2) is 8.00. The van der Waals surface area contributed by atoms with Crippen molar-refractivity contribution in [1.82, 2.24) is 0 Å². The summed E-state index contributed by atoms with van der Waals surface area (Å²) in [5.74, 6) is -0.574. The lowest BCUT2D eigenvalue weighted by atomic mass is 9.70. The van der Waals surface area contributed by atoms with E-state index in [1.807, 2.05) is 51.1 Å². The number of nitrogens with zero attached hydrogens (tertiary/aromatic N) is 1. The number of carbonyl (C=O) groups is 2. The largest absolute Gasteiger partial charge is 0.462 e. The van der Waals surface area contributed by atoms with E-state index in [0.29, 0.717) is 29.8 Å². The quantitative estimate of drug-likeness (QED) is 0.730. The molecular formula is C23H26N2O3S. The van der Waals surface area contributed by atoms with Crippen LogP contribution in [0.15, 0.2) is 30.3 Å². The molecule has 1 amide bonds. The van der Waals surface area contributed by atoms with Gasteiger partial charge in [0.15, 0.2) is 0 Å². The van der Waals surface area contributed by atoms with E-state index in [0.717, 1.165) is 16.0 Å². The van der Waals surface area contributed by atoms with Crippen molar-refractivity contribution in [2.75, 3.05) is 11.9 Å². The second-order valence-corrected chi connectivity index (χ2v) is 9.47. The Hall–Kier alpha value is -2.65. The zero-order valence-electron chi connectivity index (χ0n) is 17.3. The first-order valence-corrected chi connectivity index (χ1v) is 10.6. The molecule has 3 rings (SSSR count). The Morgan fingerprint density at radius 2 is 1.97 bits per heavy atom. The van der Waals surface area contributed by atoms with Gasteiger partial charge in [0, 0.05) is 16.7 Å². The molecule has 0 spiro atoms. The van der Waals surface area contributed by atoms with Crippen molar-refractivity contribution in [3.63, 3.8) is 0 Å². The number of hydrogen-bond acceptors (Lipinski definition) is 5. The summed E-state index contributed by atoms with van der Waals surface area (Å²) in [5, 5.41) is 13.5. The van der Waals surface area contributed by atoms with Crippen molar-refractivity contribution in [3.05, 3.63) is 51.9 Å². The highest BCUT2D eigenvalue weighted by Gasteiger charge is 2.40. The van der Waals surface area contributed by atoms with Gasteiger partial charge >= 0.3 is 5.97 Å². The van der Waals surface area contributed by atoms with Gasteiger partial charge in [0.25, 0.3) is 0 Å². The van der Waals surface area contributed by atoms with Crippen molar-refractivity contribution in [2.24, 2.45) is 5.41 Å². The first-order chi connectivity index (χ1) is 13.7. The minimum absolute atomic E-state index is 0.156. The SMILES string of the molecule is CCOC(=O)c1c(NC(=O)C(C)(C)C)sc2c1CC[C@@](C#N)(c1ccccc1)C2. The number of thiophene rings is 1. The maximum atomic E-state index is 12.7. The number of nitrogens with one attached hydrogen (secondary N) is 1. The minimum atomic E-state index is -0.629. The highest BCUT2D eigenvalue weighted by molar-refractivity contribution is 7.17. The highest BCUT2D eigenvalue weighted by Crippen LogP contribution is 2.45. The van der Waals surface area contributed by atoms with Crippen molar-refractivity contribution in [1.29, 1.82) is 5.26 Å². The number of fused-ring (bicyclic) bond motifs is 1. The fourth-order valence-electron chi connectivity index (χ4n) is 3.58. The van der Waals surface area contributed by atoms with Crippen LogP contribution in [0.1, 0.15) is 60.5 Å². The van der Waals surface area contributed by atoms with Crippen molar-refractivity contribution < 1.29 is 14.3 Å². The molecule has 2 aromatic rings. The van der Waals surface area contributed by atoms with E-state index in [9.17, 15) is 14.9 Å². The first-order valence-electron chi connectivity index (χ1n) is 9.81. The van der Waals surface area contributed by atoms with E-state index < -0.39 is 16.8 Å². The van der Waals surface area contributed by atoms with E-state index in [-0.39, 0.29) is 12.5 Å². The van der Waals surface area contributed by atoms with Gasteiger partial charge in [0.2, 0.25) is 5.91 Å². The molecule has 1 aliphatic rings. The van der Waals surface area contributed by atoms with Crippen LogP contribution < -0.4 is 5.32 Å². The topological polar surface area (TPSA) is 79.2 Å². The lowest BCUT2D eigenvalue weighted by Crippen LogP contribution is -2.31. The van der Waals surface area contributed by atoms with Crippen LogP contribution >= 0.6 is 11.3 Å². The molecule has 0 aliphatic heterocycles. The lowest BCUT2D eigenvalue weighted by molar-refractivity contribution is -0.123. The van der Waals surface area contributed by atoms with Crippen LogP contribution in [0.25, 0.3) is 0 Å². The Kier molecular flexibility index (Phi) is 5.81. The summed E-state index contributed by atoms with van der Waals surface area (Å²) < 4.78 is 5.27. The number of benzene rings is 1. The fourth-order valence-corrected chi connectivity index (χ4v) is 4.93. The Morgan fingerprint density at radius 3 is 2.55 bits per heavy atom. The summed E-state index contributed by atoms with van der Waals surface area (Å²) in [7, 11) is 0. The third-order valence-corrected chi connectivity index (χ3v) is 6.43.